The molecule has 0 radical (unpaired) electrons. The van der Waals surface area contributed by atoms with Crippen LogP contribution in [0.3, 0.4) is 0 Å². The second-order valence-corrected chi connectivity index (χ2v) is 4.40. The quantitative estimate of drug-likeness (QED) is 0.690. The summed E-state index contributed by atoms with van der Waals surface area (Å²) in [7, 11) is 0. The Balaban J connectivity index is 2.66. The van der Waals surface area contributed by atoms with E-state index in [2.05, 4.69) is 46.3 Å². The molecule has 0 nitrogen and oxygen atoms in total. The Hall–Kier alpha value is -0.790. The van der Waals surface area contributed by atoms with Crippen molar-refractivity contribution in [3.8, 4) is 0 Å². The summed E-state index contributed by atoms with van der Waals surface area (Å²) in [4.78, 5) is 0. The minimum atomic E-state index is 0.546. The van der Waals surface area contributed by atoms with Crippen molar-refractivity contribution < 1.29 is 0 Å². The summed E-state index contributed by atoms with van der Waals surface area (Å²) in [6.07, 6.45) is 4.01. The molecule has 0 heterocycles. The SMILES string of the molecule is ClC/C=C/c1ccc(Br)c2ccccc12. The molecule has 2 heteroatoms. The summed E-state index contributed by atoms with van der Waals surface area (Å²) in [6, 6.07) is 12.5. The molecular formula is C13H10BrCl. The highest BCUT2D eigenvalue weighted by Gasteiger charge is 2.00. The number of fused-ring (bicyclic) bond motifs is 1. The molecule has 0 saturated carbocycles. The molecule has 2 aromatic rings. The predicted molar refractivity (Wildman–Crippen MR) is 71.4 cm³/mol. The van der Waals surface area contributed by atoms with Crippen molar-refractivity contribution in [3.63, 3.8) is 0 Å². The third kappa shape index (κ3) is 2.24. The van der Waals surface area contributed by atoms with Crippen LogP contribution < -0.4 is 0 Å². The van der Waals surface area contributed by atoms with Gasteiger partial charge in [0, 0.05) is 10.4 Å². The summed E-state index contributed by atoms with van der Waals surface area (Å²) in [6.45, 7) is 0. The minimum absolute atomic E-state index is 0.546. The van der Waals surface area contributed by atoms with Gasteiger partial charge in [0.1, 0.15) is 0 Å². The van der Waals surface area contributed by atoms with Crippen LogP contribution in [0.2, 0.25) is 0 Å². The molecule has 0 unspecified atom stereocenters. The molecule has 0 saturated heterocycles. The normalized spacial score (nSPS) is 11.3. The second kappa shape index (κ2) is 4.82. The molecule has 0 spiro atoms. The van der Waals surface area contributed by atoms with Gasteiger partial charge in [0.2, 0.25) is 0 Å². The fourth-order valence-electron chi connectivity index (χ4n) is 1.60. The second-order valence-electron chi connectivity index (χ2n) is 3.24. The molecule has 15 heavy (non-hydrogen) atoms. The first kappa shape index (κ1) is 10.7. The van der Waals surface area contributed by atoms with Crippen LogP contribution >= 0.6 is 27.5 Å². The summed E-state index contributed by atoms with van der Waals surface area (Å²) in [5.74, 6) is 0.546. The predicted octanol–water partition coefficient (Wildman–Crippen LogP) is 4.85. The minimum Gasteiger partial charge on any atom is -0.122 e. The van der Waals surface area contributed by atoms with E-state index in [4.69, 9.17) is 11.6 Å². The van der Waals surface area contributed by atoms with Gasteiger partial charge in [-0.1, -0.05) is 58.4 Å². The van der Waals surface area contributed by atoms with Gasteiger partial charge in [-0.25, -0.2) is 0 Å². The van der Waals surface area contributed by atoms with Crippen molar-refractivity contribution in [2.75, 3.05) is 5.88 Å². The molecule has 0 N–H and O–H groups in total. The van der Waals surface area contributed by atoms with Crippen LogP contribution in [-0.2, 0) is 0 Å². The van der Waals surface area contributed by atoms with E-state index in [0.29, 0.717) is 5.88 Å². The zero-order chi connectivity index (χ0) is 10.7. The first-order chi connectivity index (χ1) is 7.33. The topological polar surface area (TPSA) is 0 Å². The zero-order valence-electron chi connectivity index (χ0n) is 8.08. The third-order valence-corrected chi connectivity index (χ3v) is 3.16. The fraction of sp³-hybridized carbons (Fsp3) is 0.0769. The number of hydrogen-bond acceptors (Lipinski definition) is 0. The van der Waals surface area contributed by atoms with Gasteiger partial charge in [0.05, 0.1) is 0 Å². The van der Waals surface area contributed by atoms with E-state index in [1.165, 1.54) is 16.3 Å². The van der Waals surface area contributed by atoms with Gasteiger partial charge in [-0.2, -0.15) is 0 Å². The molecular weight excluding hydrogens is 272 g/mol. The summed E-state index contributed by atoms with van der Waals surface area (Å²) < 4.78 is 1.13. The van der Waals surface area contributed by atoms with Gasteiger partial charge in [0.25, 0.3) is 0 Å². The number of alkyl halides is 1. The van der Waals surface area contributed by atoms with Crippen molar-refractivity contribution >= 4 is 44.4 Å². The van der Waals surface area contributed by atoms with Crippen LogP contribution in [0.15, 0.2) is 46.9 Å². The maximum absolute atomic E-state index is 5.64. The van der Waals surface area contributed by atoms with Crippen molar-refractivity contribution in [2.24, 2.45) is 0 Å². The van der Waals surface area contributed by atoms with E-state index in [0.717, 1.165) is 4.47 Å². The van der Waals surface area contributed by atoms with Crippen molar-refractivity contribution in [1.29, 1.82) is 0 Å². The first-order valence-corrected chi connectivity index (χ1v) is 6.05. The summed E-state index contributed by atoms with van der Waals surface area (Å²) >= 11 is 9.19. The van der Waals surface area contributed by atoms with E-state index in [1.54, 1.807) is 0 Å². The number of halogens is 2. The van der Waals surface area contributed by atoms with Crippen molar-refractivity contribution in [3.05, 3.63) is 52.5 Å². The lowest BCUT2D eigenvalue weighted by Crippen LogP contribution is -1.79. The van der Waals surface area contributed by atoms with Crippen LogP contribution in [0.1, 0.15) is 5.56 Å². The molecule has 0 bridgehead atoms. The van der Waals surface area contributed by atoms with Crippen molar-refractivity contribution in [2.45, 2.75) is 0 Å². The maximum Gasteiger partial charge on any atom is 0.0407 e. The van der Waals surface area contributed by atoms with E-state index in [1.807, 2.05) is 18.2 Å². The molecule has 0 atom stereocenters. The number of benzene rings is 2. The Morgan fingerprint density at radius 1 is 1.07 bits per heavy atom. The molecule has 0 aliphatic heterocycles. The Labute approximate surface area is 103 Å². The van der Waals surface area contributed by atoms with Crippen LogP contribution in [0.25, 0.3) is 16.8 Å². The van der Waals surface area contributed by atoms with E-state index >= 15 is 0 Å². The molecule has 0 amide bonds. The highest BCUT2D eigenvalue weighted by molar-refractivity contribution is 9.10. The number of hydrogen-bond donors (Lipinski definition) is 0. The third-order valence-electron chi connectivity index (χ3n) is 2.29. The maximum atomic E-state index is 5.64. The molecule has 2 aromatic carbocycles. The lowest BCUT2D eigenvalue weighted by atomic mass is 10.0. The van der Waals surface area contributed by atoms with Crippen LogP contribution in [-0.4, -0.2) is 5.88 Å². The highest BCUT2D eigenvalue weighted by Crippen LogP contribution is 2.27. The Morgan fingerprint density at radius 2 is 1.80 bits per heavy atom. The van der Waals surface area contributed by atoms with E-state index in [-0.39, 0.29) is 0 Å². The summed E-state index contributed by atoms with van der Waals surface area (Å²) in [5, 5.41) is 2.47. The van der Waals surface area contributed by atoms with Crippen LogP contribution in [0, 0.1) is 0 Å². The van der Waals surface area contributed by atoms with Crippen LogP contribution in [0.5, 0.6) is 0 Å². The van der Waals surface area contributed by atoms with E-state index < -0.39 is 0 Å². The molecule has 76 valence electrons. The zero-order valence-corrected chi connectivity index (χ0v) is 10.4. The van der Waals surface area contributed by atoms with Gasteiger partial charge < -0.3 is 0 Å². The lowest BCUT2D eigenvalue weighted by molar-refractivity contribution is 1.66. The highest BCUT2D eigenvalue weighted by atomic mass is 79.9. The van der Waals surface area contributed by atoms with Gasteiger partial charge >= 0.3 is 0 Å². The standard InChI is InChI=1S/C13H10BrCl/c14-13-8-7-10(4-3-9-15)11-5-1-2-6-12(11)13/h1-8H,9H2/b4-3+. The molecule has 2 rings (SSSR count). The summed E-state index contributed by atoms with van der Waals surface area (Å²) in [5.41, 5.74) is 1.20. The van der Waals surface area contributed by atoms with Gasteiger partial charge in [-0.3, -0.25) is 0 Å². The largest absolute Gasteiger partial charge is 0.122 e. The van der Waals surface area contributed by atoms with Crippen molar-refractivity contribution in [1.82, 2.24) is 0 Å². The molecule has 0 fully saturated rings. The average Bonchev–Trinajstić information content (AvgIpc) is 2.29. The molecule has 0 aromatic heterocycles. The Bertz CT molecular complexity index is 503. The van der Waals surface area contributed by atoms with Gasteiger partial charge in [-0.05, 0) is 22.4 Å². The van der Waals surface area contributed by atoms with Crippen LogP contribution in [0.4, 0.5) is 0 Å². The number of allylic oxidation sites excluding steroid dienone is 1. The Morgan fingerprint density at radius 3 is 2.53 bits per heavy atom. The van der Waals surface area contributed by atoms with E-state index in [9.17, 15) is 0 Å². The first-order valence-electron chi connectivity index (χ1n) is 4.72. The average molecular weight is 282 g/mol. The number of rotatable bonds is 2. The fourth-order valence-corrected chi connectivity index (χ4v) is 2.17. The van der Waals surface area contributed by atoms with Gasteiger partial charge in [-0.15, -0.1) is 11.6 Å². The van der Waals surface area contributed by atoms with Gasteiger partial charge in [0.15, 0.2) is 0 Å². The molecule has 0 aliphatic rings. The smallest absolute Gasteiger partial charge is 0.0407 e. The lowest BCUT2D eigenvalue weighted by Gasteiger charge is -2.04. The monoisotopic (exact) mass is 280 g/mol. The Kier molecular flexibility index (Phi) is 3.45. The molecule has 0 aliphatic carbocycles.